The maximum atomic E-state index is 12.0. The molecule has 2 rings (SSSR count). The van der Waals surface area contributed by atoms with Gasteiger partial charge in [-0.15, -0.1) is 5.10 Å². The molecule has 0 saturated heterocycles. The molecule has 1 aliphatic rings. The molecule has 104 valence electrons. The van der Waals surface area contributed by atoms with Gasteiger partial charge < -0.3 is 10.1 Å². The molecule has 1 heterocycles. The van der Waals surface area contributed by atoms with Crippen molar-refractivity contribution in [3.63, 3.8) is 0 Å². The molecule has 0 aliphatic heterocycles. The number of nitrogens with one attached hydrogen (secondary N) is 2. The van der Waals surface area contributed by atoms with Crippen molar-refractivity contribution in [1.82, 2.24) is 20.5 Å². The molecule has 19 heavy (non-hydrogen) atoms. The number of esters is 1. The number of aromatic nitrogens is 3. The first-order valence-corrected chi connectivity index (χ1v) is 6.34. The molecule has 1 saturated carbocycles. The van der Waals surface area contributed by atoms with Crippen molar-refractivity contribution in [3.8, 4) is 0 Å². The average Bonchev–Trinajstić information content (AvgIpc) is 3.12. The molecular formula is C12H18N4O3. The molecule has 0 radical (unpaired) electrons. The number of hydrogen-bond acceptors (Lipinski definition) is 5. The van der Waals surface area contributed by atoms with Gasteiger partial charge in [0.25, 0.3) is 5.91 Å². The summed E-state index contributed by atoms with van der Waals surface area (Å²) in [5, 5.41) is 9.23. The summed E-state index contributed by atoms with van der Waals surface area (Å²) in [6, 6.07) is -0.694. The van der Waals surface area contributed by atoms with Gasteiger partial charge >= 0.3 is 5.97 Å². The second kappa shape index (κ2) is 5.38. The van der Waals surface area contributed by atoms with Gasteiger partial charge in [0.15, 0.2) is 0 Å². The predicted molar refractivity (Wildman–Crippen MR) is 66.5 cm³/mol. The topological polar surface area (TPSA) is 97.0 Å². The zero-order valence-electron chi connectivity index (χ0n) is 11.3. The molecule has 0 spiro atoms. The summed E-state index contributed by atoms with van der Waals surface area (Å²) in [6.45, 7) is 3.66. The number of amides is 1. The summed E-state index contributed by atoms with van der Waals surface area (Å²) in [5.74, 6) is 0.197. The van der Waals surface area contributed by atoms with Gasteiger partial charge in [0.2, 0.25) is 5.82 Å². The van der Waals surface area contributed by atoms with E-state index in [1.165, 1.54) is 7.11 Å². The highest BCUT2D eigenvalue weighted by atomic mass is 16.5. The number of ether oxygens (including phenoxy) is 1. The highest BCUT2D eigenvalue weighted by Crippen LogP contribution is 2.37. The fourth-order valence-electron chi connectivity index (χ4n) is 1.75. The smallest absolute Gasteiger partial charge is 0.328 e. The van der Waals surface area contributed by atoms with Crippen LogP contribution in [0.25, 0.3) is 0 Å². The van der Waals surface area contributed by atoms with E-state index < -0.39 is 17.9 Å². The predicted octanol–water partition coefficient (Wildman–Crippen LogP) is 0.609. The van der Waals surface area contributed by atoms with E-state index >= 15 is 0 Å². The normalized spacial score (nSPS) is 16.2. The van der Waals surface area contributed by atoms with Crippen LogP contribution in [-0.2, 0) is 9.53 Å². The summed E-state index contributed by atoms with van der Waals surface area (Å²) >= 11 is 0. The molecular weight excluding hydrogens is 248 g/mol. The number of aromatic amines is 1. The van der Waals surface area contributed by atoms with E-state index in [9.17, 15) is 9.59 Å². The molecule has 0 aromatic carbocycles. The summed E-state index contributed by atoms with van der Waals surface area (Å²) in [6.07, 6.45) is 2.15. The average molecular weight is 266 g/mol. The number of carbonyl (C=O) groups is 2. The van der Waals surface area contributed by atoms with Crippen molar-refractivity contribution in [3.05, 3.63) is 11.6 Å². The van der Waals surface area contributed by atoms with Crippen molar-refractivity contribution < 1.29 is 14.3 Å². The van der Waals surface area contributed by atoms with E-state index in [1.807, 2.05) is 13.8 Å². The van der Waals surface area contributed by atoms with E-state index in [0.29, 0.717) is 5.92 Å². The lowest BCUT2D eigenvalue weighted by Gasteiger charge is -2.18. The molecule has 1 fully saturated rings. The fraction of sp³-hybridized carbons (Fsp3) is 0.667. The number of H-pyrrole nitrogens is 1. The van der Waals surface area contributed by atoms with Crippen LogP contribution < -0.4 is 5.32 Å². The minimum atomic E-state index is -0.694. The Kier molecular flexibility index (Phi) is 3.82. The van der Waals surface area contributed by atoms with E-state index in [0.717, 1.165) is 18.7 Å². The standard InChI is InChI=1S/C12H18N4O3/c1-6(2)8(12(18)19-3)13-11(17)10-14-9(15-16-10)7-4-5-7/h6-8H,4-5H2,1-3H3,(H,13,17)(H,14,15,16). The van der Waals surface area contributed by atoms with Crippen LogP contribution in [0.5, 0.6) is 0 Å². The molecule has 2 N–H and O–H groups in total. The SMILES string of the molecule is COC(=O)C(NC(=O)c1n[nH]c(C2CC2)n1)C(C)C. The third-order valence-electron chi connectivity index (χ3n) is 3.08. The maximum absolute atomic E-state index is 12.0. The van der Waals surface area contributed by atoms with Crippen molar-refractivity contribution >= 4 is 11.9 Å². The molecule has 7 nitrogen and oxygen atoms in total. The van der Waals surface area contributed by atoms with Crippen molar-refractivity contribution in [2.75, 3.05) is 7.11 Å². The highest BCUT2D eigenvalue weighted by Gasteiger charge is 2.30. The van der Waals surface area contributed by atoms with Gasteiger partial charge in [-0.05, 0) is 18.8 Å². The molecule has 1 aromatic heterocycles. The van der Waals surface area contributed by atoms with E-state index in [2.05, 4.69) is 25.2 Å². The molecule has 7 heteroatoms. The largest absolute Gasteiger partial charge is 0.467 e. The van der Waals surface area contributed by atoms with Gasteiger partial charge in [0.05, 0.1) is 7.11 Å². The van der Waals surface area contributed by atoms with Crippen LogP contribution >= 0.6 is 0 Å². The van der Waals surface area contributed by atoms with Gasteiger partial charge in [0, 0.05) is 5.92 Å². The summed E-state index contributed by atoms with van der Waals surface area (Å²) in [5.41, 5.74) is 0. The minimum absolute atomic E-state index is 0.0662. The van der Waals surface area contributed by atoms with Gasteiger partial charge in [-0.25, -0.2) is 9.78 Å². The number of carbonyl (C=O) groups excluding carboxylic acids is 2. The fourth-order valence-corrected chi connectivity index (χ4v) is 1.75. The number of rotatable bonds is 5. The Labute approximate surface area is 111 Å². The van der Waals surface area contributed by atoms with Crippen molar-refractivity contribution in [2.24, 2.45) is 5.92 Å². The quantitative estimate of drug-likeness (QED) is 0.761. The van der Waals surface area contributed by atoms with Crippen LogP contribution in [0.1, 0.15) is 49.1 Å². The minimum Gasteiger partial charge on any atom is -0.467 e. The van der Waals surface area contributed by atoms with E-state index in [4.69, 9.17) is 0 Å². The summed E-state index contributed by atoms with van der Waals surface area (Å²) in [7, 11) is 1.29. The molecule has 1 atom stereocenters. The van der Waals surface area contributed by atoms with Crippen LogP contribution in [0.15, 0.2) is 0 Å². The van der Waals surface area contributed by atoms with Crippen LogP contribution in [-0.4, -0.2) is 40.2 Å². The molecule has 1 unspecified atom stereocenters. The number of methoxy groups -OCH3 is 1. The van der Waals surface area contributed by atoms with Gasteiger partial charge in [0.1, 0.15) is 11.9 Å². The van der Waals surface area contributed by atoms with Crippen LogP contribution in [0.2, 0.25) is 0 Å². The number of hydrogen-bond donors (Lipinski definition) is 2. The third kappa shape index (κ3) is 3.10. The maximum Gasteiger partial charge on any atom is 0.328 e. The van der Waals surface area contributed by atoms with E-state index in [1.54, 1.807) is 0 Å². The second-order valence-corrected chi connectivity index (χ2v) is 5.04. The monoisotopic (exact) mass is 266 g/mol. The first kappa shape index (κ1) is 13.5. The molecule has 0 bridgehead atoms. The Balaban J connectivity index is 2.03. The van der Waals surface area contributed by atoms with Crippen LogP contribution in [0.3, 0.4) is 0 Å². The first-order valence-electron chi connectivity index (χ1n) is 6.34. The van der Waals surface area contributed by atoms with E-state index in [-0.39, 0.29) is 11.7 Å². The summed E-state index contributed by atoms with van der Waals surface area (Å²) in [4.78, 5) is 27.7. The van der Waals surface area contributed by atoms with Crippen LogP contribution in [0.4, 0.5) is 0 Å². The Bertz CT molecular complexity index is 479. The van der Waals surface area contributed by atoms with Gasteiger partial charge in [-0.3, -0.25) is 9.89 Å². The van der Waals surface area contributed by atoms with Crippen LogP contribution in [0, 0.1) is 5.92 Å². The molecule has 1 amide bonds. The molecule has 1 aliphatic carbocycles. The lowest BCUT2D eigenvalue weighted by atomic mass is 10.0. The Morgan fingerprint density at radius 1 is 1.42 bits per heavy atom. The summed E-state index contributed by atoms with van der Waals surface area (Å²) < 4.78 is 4.66. The van der Waals surface area contributed by atoms with Crippen molar-refractivity contribution in [2.45, 2.75) is 38.6 Å². The molecule has 1 aromatic rings. The zero-order chi connectivity index (χ0) is 14.0. The Hall–Kier alpha value is -1.92. The zero-order valence-corrected chi connectivity index (χ0v) is 11.3. The van der Waals surface area contributed by atoms with Gasteiger partial charge in [-0.2, -0.15) is 0 Å². The highest BCUT2D eigenvalue weighted by molar-refractivity contribution is 5.93. The van der Waals surface area contributed by atoms with Gasteiger partial charge in [-0.1, -0.05) is 13.8 Å². The second-order valence-electron chi connectivity index (χ2n) is 5.04. The third-order valence-corrected chi connectivity index (χ3v) is 3.08. The Morgan fingerprint density at radius 2 is 2.11 bits per heavy atom. The Morgan fingerprint density at radius 3 is 2.63 bits per heavy atom. The van der Waals surface area contributed by atoms with Crippen molar-refractivity contribution in [1.29, 1.82) is 0 Å². The lowest BCUT2D eigenvalue weighted by Crippen LogP contribution is -2.45. The first-order chi connectivity index (χ1) is 9.02. The lowest BCUT2D eigenvalue weighted by molar-refractivity contribution is -0.144. The number of nitrogens with zero attached hydrogens (tertiary/aromatic N) is 2.